The van der Waals surface area contributed by atoms with E-state index >= 15 is 0 Å². The lowest BCUT2D eigenvalue weighted by Gasteiger charge is -2.27. The molecular formula is C15H15O. The van der Waals surface area contributed by atoms with Crippen LogP contribution in [0.2, 0.25) is 0 Å². The summed E-state index contributed by atoms with van der Waals surface area (Å²) in [6, 6.07) is 20.8. The van der Waals surface area contributed by atoms with E-state index in [2.05, 4.69) is 32.0 Å². The van der Waals surface area contributed by atoms with Gasteiger partial charge in [0, 0.05) is 0 Å². The monoisotopic (exact) mass is 211 g/mol. The SMILES string of the molecule is CC(C)(Oc1cc[c]cc1)c1ccccc1. The molecule has 1 nitrogen and oxygen atoms in total. The summed E-state index contributed by atoms with van der Waals surface area (Å²) >= 11 is 0. The van der Waals surface area contributed by atoms with Gasteiger partial charge in [-0.05, 0) is 37.6 Å². The highest BCUT2D eigenvalue weighted by atomic mass is 16.5. The van der Waals surface area contributed by atoms with Gasteiger partial charge in [0.2, 0.25) is 0 Å². The first-order chi connectivity index (χ1) is 7.68. The highest BCUT2D eigenvalue weighted by Crippen LogP contribution is 2.26. The van der Waals surface area contributed by atoms with Gasteiger partial charge in [0.1, 0.15) is 11.4 Å². The fourth-order valence-corrected chi connectivity index (χ4v) is 1.63. The fraction of sp³-hybridized carbons (Fsp3) is 0.200. The van der Waals surface area contributed by atoms with Crippen LogP contribution in [0, 0.1) is 6.07 Å². The van der Waals surface area contributed by atoms with Gasteiger partial charge in [0.15, 0.2) is 0 Å². The van der Waals surface area contributed by atoms with Crippen molar-refractivity contribution in [2.45, 2.75) is 19.4 Å². The molecule has 0 aliphatic heterocycles. The second-order valence-electron chi connectivity index (χ2n) is 4.21. The van der Waals surface area contributed by atoms with Crippen molar-refractivity contribution in [3.63, 3.8) is 0 Å². The Morgan fingerprint density at radius 3 is 2.19 bits per heavy atom. The lowest BCUT2D eigenvalue weighted by molar-refractivity contribution is 0.109. The Hall–Kier alpha value is -1.76. The third kappa shape index (κ3) is 2.43. The van der Waals surface area contributed by atoms with Crippen LogP contribution in [-0.2, 0) is 5.60 Å². The average Bonchev–Trinajstić information content (AvgIpc) is 2.31. The highest BCUT2D eigenvalue weighted by Gasteiger charge is 2.21. The van der Waals surface area contributed by atoms with Gasteiger partial charge in [0.25, 0.3) is 0 Å². The van der Waals surface area contributed by atoms with Gasteiger partial charge < -0.3 is 4.74 Å². The molecule has 0 unspecified atom stereocenters. The molecule has 0 aliphatic carbocycles. The number of benzene rings is 2. The highest BCUT2D eigenvalue weighted by molar-refractivity contribution is 5.26. The molecule has 81 valence electrons. The van der Waals surface area contributed by atoms with Gasteiger partial charge in [0.05, 0.1) is 0 Å². The summed E-state index contributed by atoms with van der Waals surface area (Å²) in [6.45, 7) is 4.14. The molecule has 1 radical (unpaired) electrons. The summed E-state index contributed by atoms with van der Waals surface area (Å²) < 4.78 is 5.97. The topological polar surface area (TPSA) is 9.23 Å². The summed E-state index contributed by atoms with van der Waals surface area (Å²) in [7, 11) is 0. The molecule has 1 heteroatoms. The molecule has 0 N–H and O–H groups in total. The predicted molar refractivity (Wildman–Crippen MR) is 65.4 cm³/mol. The van der Waals surface area contributed by atoms with E-state index in [9.17, 15) is 0 Å². The van der Waals surface area contributed by atoms with E-state index in [1.54, 1.807) is 0 Å². The Kier molecular flexibility index (Phi) is 2.95. The number of hydrogen-bond donors (Lipinski definition) is 0. The Labute approximate surface area is 96.7 Å². The van der Waals surface area contributed by atoms with Crippen LogP contribution in [0.5, 0.6) is 5.75 Å². The van der Waals surface area contributed by atoms with Crippen LogP contribution in [0.25, 0.3) is 0 Å². The van der Waals surface area contributed by atoms with E-state index in [1.165, 1.54) is 5.56 Å². The van der Waals surface area contributed by atoms with Gasteiger partial charge in [-0.3, -0.25) is 0 Å². The van der Waals surface area contributed by atoms with Crippen molar-refractivity contribution in [2.24, 2.45) is 0 Å². The van der Waals surface area contributed by atoms with Gasteiger partial charge in [-0.2, -0.15) is 0 Å². The van der Waals surface area contributed by atoms with Gasteiger partial charge in [-0.15, -0.1) is 0 Å². The molecule has 0 spiro atoms. The summed E-state index contributed by atoms with van der Waals surface area (Å²) in [5.41, 5.74) is 0.852. The van der Waals surface area contributed by atoms with E-state index in [-0.39, 0.29) is 5.60 Å². The Bertz CT molecular complexity index is 432. The maximum atomic E-state index is 5.97. The van der Waals surface area contributed by atoms with E-state index in [4.69, 9.17) is 4.74 Å². The van der Waals surface area contributed by atoms with Crippen molar-refractivity contribution < 1.29 is 4.74 Å². The minimum absolute atomic E-state index is 0.317. The van der Waals surface area contributed by atoms with Crippen LogP contribution < -0.4 is 4.74 Å². The minimum atomic E-state index is -0.317. The van der Waals surface area contributed by atoms with Crippen molar-refractivity contribution in [3.05, 3.63) is 66.2 Å². The third-order valence-electron chi connectivity index (χ3n) is 2.53. The van der Waals surface area contributed by atoms with Crippen LogP contribution >= 0.6 is 0 Å². The largest absolute Gasteiger partial charge is 0.483 e. The Balaban J connectivity index is 2.21. The smallest absolute Gasteiger partial charge is 0.128 e. The standard InChI is InChI=1S/C15H15O/c1-15(2,13-9-5-3-6-10-13)16-14-11-7-4-8-12-14/h3,5-12H,1-2H3. The zero-order chi connectivity index (χ0) is 11.4. The maximum Gasteiger partial charge on any atom is 0.128 e. The Morgan fingerprint density at radius 2 is 1.56 bits per heavy atom. The van der Waals surface area contributed by atoms with Crippen molar-refractivity contribution in [3.8, 4) is 5.75 Å². The van der Waals surface area contributed by atoms with Gasteiger partial charge >= 0.3 is 0 Å². The molecule has 0 heterocycles. The number of hydrogen-bond acceptors (Lipinski definition) is 1. The first-order valence-electron chi connectivity index (χ1n) is 5.39. The van der Waals surface area contributed by atoms with Crippen molar-refractivity contribution in [2.75, 3.05) is 0 Å². The third-order valence-corrected chi connectivity index (χ3v) is 2.53. The van der Waals surface area contributed by atoms with Crippen LogP contribution in [0.1, 0.15) is 19.4 Å². The molecule has 0 aliphatic rings. The van der Waals surface area contributed by atoms with Crippen LogP contribution in [-0.4, -0.2) is 0 Å². The Morgan fingerprint density at radius 1 is 0.938 bits per heavy atom. The lowest BCUT2D eigenvalue weighted by atomic mass is 9.98. The van der Waals surface area contributed by atoms with Gasteiger partial charge in [-0.25, -0.2) is 0 Å². The fourth-order valence-electron chi connectivity index (χ4n) is 1.63. The summed E-state index contributed by atoms with van der Waals surface area (Å²) in [5.74, 6) is 0.868. The zero-order valence-corrected chi connectivity index (χ0v) is 9.60. The van der Waals surface area contributed by atoms with Crippen LogP contribution in [0.15, 0.2) is 54.6 Å². The van der Waals surface area contributed by atoms with Crippen LogP contribution in [0.3, 0.4) is 0 Å². The number of rotatable bonds is 3. The summed E-state index contributed by atoms with van der Waals surface area (Å²) in [5, 5.41) is 0. The molecule has 0 saturated carbocycles. The quantitative estimate of drug-likeness (QED) is 0.750. The molecule has 0 bridgehead atoms. The van der Waals surface area contributed by atoms with Gasteiger partial charge in [-0.1, -0.05) is 42.5 Å². The average molecular weight is 211 g/mol. The molecule has 0 atom stereocenters. The van der Waals surface area contributed by atoms with E-state index in [0.29, 0.717) is 0 Å². The summed E-state index contributed by atoms with van der Waals surface area (Å²) in [4.78, 5) is 0. The maximum absolute atomic E-state index is 5.97. The van der Waals surface area contributed by atoms with E-state index < -0.39 is 0 Å². The van der Waals surface area contributed by atoms with Crippen molar-refractivity contribution >= 4 is 0 Å². The molecule has 0 saturated heterocycles. The normalized spacial score (nSPS) is 11.1. The molecular weight excluding hydrogens is 196 g/mol. The molecule has 0 aromatic heterocycles. The molecule has 16 heavy (non-hydrogen) atoms. The molecule has 0 fully saturated rings. The zero-order valence-electron chi connectivity index (χ0n) is 9.60. The summed E-state index contributed by atoms with van der Waals surface area (Å²) in [6.07, 6.45) is 0. The van der Waals surface area contributed by atoms with E-state index in [0.717, 1.165) is 5.75 Å². The molecule has 2 rings (SSSR count). The number of ether oxygens (including phenoxy) is 1. The lowest BCUT2D eigenvalue weighted by Crippen LogP contribution is -2.25. The molecule has 0 amide bonds. The van der Waals surface area contributed by atoms with Crippen molar-refractivity contribution in [1.82, 2.24) is 0 Å². The minimum Gasteiger partial charge on any atom is -0.483 e. The molecule has 2 aromatic carbocycles. The predicted octanol–water partition coefficient (Wildman–Crippen LogP) is 3.80. The second kappa shape index (κ2) is 4.40. The molecule has 2 aromatic rings. The first-order valence-corrected chi connectivity index (χ1v) is 5.39. The first kappa shape index (κ1) is 10.7. The van der Waals surface area contributed by atoms with Crippen LogP contribution in [0.4, 0.5) is 0 Å². The van der Waals surface area contributed by atoms with Crippen molar-refractivity contribution in [1.29, 1.82) is 0 Å². The second-order valence-corrected chi connectivity index (χ2v) is 4.21. The van der Waals surface area contributed by atoms with E-state index in [1.807, 2.05) is 42.5 Å².